The third kappa shape index (κ3) is 1.94. The second-order valence-electron chi connectivity index (χ2n) is 7.85. The van der Waals surface area contributed by atoms with Crippen molar-refractivity contribution in [2.24, 2.45) is 0 Å². The summed E-state index contributed by atoms with van der Waals surface area (Å²) in [5.41, 5.74) is 3.80. The molecule has 0 saturated heterocycles. The Hall–Kier alpha value is -3.84. The van der Waals surface area contributed by atoms with Crippen molar-refractivity contribution in [1.29, 1.82) is 0 Å². The van der Waals surface area contributed by atoms with E-state index in [1.54, 1.807) is 0 Å². The standard InChI is InChI=1S/C28H17N/c1-2-9-20-16-27-24(15-19(20)8-1)28-22-11-5-3-7-18(22)13-14-23(28)26-17-21-10-4-6-12-25(21)29(26)27/h1-17H. The zero-order valence-electron chi connectivity index (χ0n) is 15.8. The molecule has 2 aromatic heterocycles. The van der Waals surface area contributed by atoms with E-state index in [1.807, 2.05) is 0 Å². The van der Waals surface area contributed by atoms with Gasteiger partial charge < -0.3 is 4.40 Å². The average molecular weight is 367 g/mol. The van der Waals surface area contributed by atoms with Crippen LogP contribution in [0.25, 0.3) is 59.6 Å². The largest absolute Gasteiger partial charge is 0.309 e. The van der Waals surface area contributed by atoms with Gasteiger partial charge in [0, 0.05) is 21.5 Å². The number of rotatable bonds is 0. The Morgan fingerprint density at radius 2 is 1.00 bits per heavy atom. The van der Waals surface area contributed by atoms with Crippen LogP contribution >= 0.6 is 0 Å². The van der Waals surface area contributed by atoms with E-state index in [-0.39, 0.29) is 0 Å². The van der Waals surface area contributed by atoms with Crippen LogP contribution in [0.5, 0.6) is 0 Å². The molecular weight excluding hydrogens is 350 g/mol. The first-order valence-electron chi connectivity index (χ1n) is 10.0. The molecular formula is C28H17N. The van der Waals surface area contributed by atoms with Crippen molar-refractivity contribution in [3.8, 4) is 0 Å². The third-order valence-corrected chi connectivity index (χ3v) is 6.29. The molecule has 1 heteroatoms. The lowest BCUT2D eigenvalue weighted by molar-refractivity contribution is 1.35. The maximum Gasteiger partial charge on any atom is 0.0547 e. The van der Waals surface area contributed by atoms with Gasteiger partial charge in [-0.3, -0.25) is 0 Å². The number of pyridine rings is 1. The van der Waals surface area contributed by atoms with Crippen LogP contribution < -0.4 is 0 Å². The molecule has 2 heterocycles. The Morgan fingerprint density at radius 3 is 1.86 bits per heavy atom. The third-order valence-electron chi connectivity index (χ3n) is 6.29. The molecule has 1 nitrogen and oxygen atoms in total. The maximum absolute atomic E-state index is 2.44. The molecule has 7 aromatic rings. The topological polar surface area (TPSA) is 4.41 Å². The minimum absolute atomic E-state index is 1.26. The van der Waals surface area contributed by atoms with Crippen molar-refractivity contribution >= 4 is 59.6 Å². The lowest BCUT2D eigenvalue weighted by atomic mass is 9.96. The summed E-state index contributed by atoms with van der Waals surface area (Å²) < 4.78 is 2.44. The Labute approximate surface area is 167 Å². The molecule has 0 radical (unpaired) electrons. The van der Waals surface area contributed by atoms with Gasteiger partial charge in [0.1, 0.15) is 0 Å². The Bertz CT molecular complexity index is 1750. The Balaban J connectivity index is 1.90. The van der Waals surface area contributed by atoms with Gasteiger partial charge in [-0.2, -0.15) is 0 Å². The molecule has 0 fully saturated rings. The second-order valence-corrected chi connectivity index (χ2v) is 7.85. The smallest absolute Gasteiger partial charge is 0.0547 e. The molecule has 0 aliphatic heterocycles. The minimum atomic E-state index is 1.26. The van der Waals surface area contributed by atoms with Gasteiger partial charge in [-0.15, -0.1) is 0 Å². The van der Waals surface area contributed by atoms with E-state index in [0.29, 0.717) is 0 Å². The predicted octanol–water partition coefficient (Wildman–Crippen LogP) is 7.71. The van der Waals surface area contributed by atoms with Crippen molar-refractivity contribution in [2.45, 2.75) is 0 Å². The van der Waals surface area contributed by atoms with Gasteiger partial charge in [-0.1, -0.05) is 78.9 Å². The van der Waals surface area contributed by atoms with Crippen molar-refractivity contribution in [1.82, 2.24) is 4.40 Å². The van der Waals surface area contributed by atoms with Crippen molar-refractivity contribution < 1.29 is 0 Å². The van der Waals surface area contributed by atoms with E-state index in [1.165, 1.54) is 59.6 Å². The summed E-state index contributed by atoms with van der Waals surface area (Å²) in [6, 6.07) is 37.7. The molecule has 0 saturated carbocycles. The molecule has 0 bridgehead atoms. The lowest BCUT2D eigenvalue weighted by Gasteiger charge is -2.14. The van der Waals surface area contributed by atoms with Crippen LogP contribution in [0.1, 0.15) is 0 Å². The fourth-order valence-corrected chi connectivity index (χ4v) is 5.00. The van der Waals surface area contributed by atoms with Gasteiger partial charge in [0.05, 0.1) is 16.6 Å². The van der Waals surface area contributed by atoms with E-state index >= 15 is 0 Å². The number of nitrogens with zero attached hydrogens (tertiary/aromatic N) is 1. The van der Waals surface area contributed by atoms with Gasteiger partial charge in [-0.25, -0.2) is 0 Å². The molecule has 0 amide bonds. The van der Waals surface area contributed by atoms with Crippen LogP contribution in [0, 0.1) is 0 Å². The summed E-state index contributed by atoms with van der Waals surface area (Å²) in [6.07, 6.45) is 0. The number of fused-ring (bicyclic) bond motifs is 11. The Morgan fingerprint density at radius 1 is 0.379 bits per heavy atom. The molecule has 29 heavy (non-hydrogen) atoms. The molecule has 0 spiro atoms. The monoisotopic (exact) mass is 367 g/mol. The highest BCUT2D eigenvalue weighted by Gasteiger charge is 2.14. The summed E-state index contributed by atoms with van der Waals surface area (Å²) >= 11 is 0. The van der Waals surface area contributed by atoms with Crippen molar-refractivity contribution in [2.75, 3.05) is 0 Å². The number of para-hydroxylation sites is 1. The van der Waals surface area contributed by atoms with E-state index < -0.39 is 0 Å². The summed E-state index contributed by atoms with van der Waals surface area (Å²) in [6.45, 7) is 0. The van der Waals surface area contributed by atoms with Crippen LogP contribution in [0.3, 0.4) is 0 Å². The number of hydrogen-bond donors (Lipinski definition) is 0. The first-order chi connectivity index (χ1) is 14.4. The quantitative estimate of drug-likeness (QED) is 0.191. The van der Waals surface area contributed by atoms with E-state index in [0.717, 1.165) is 0 Å². The molecule has 7 rings (SSSR count). The Kier molecular flexibility index (Phi) is 2.80. The second kappa shape index (κ2) is 5.36. The first-order valence-corrected chi connectivity index (χ1v) is 10.0. The summed E-state index contributed by atoms with van der Waals surface area (Å²) in [5.74, 6) is 0. The SMILES string of the molecule is c1ccc2cc3c(cc2c1)c1c2ccccc2ccc1c1cc2ccccc2n31. The summed E-state index contributed by atoms with van der Waals surface area (Å²) in [7, 11) is 0. The minimum Gasteiger partial charge on any atom is -0.309 e. The number of benzene rings is 5. The highest BCUT2D eigenvalue weighted by atomic mass is 14.9. The fourth-order valence-electron chi connectivity index (χ4n) is 5.00. The van der Waals surface area contributed by atoms with Crippen molar-refractivity contribution in [3.63, 3.8) is 0 Å². The molecule has 0 aliphatic carbocycles. The summed E-state index contributed by atoms with van der Waals surface area (Å²) in [5, 5.41) is 10.4. The molecule has 0 N–H and O–H groups in total. The zero-order chi connectivity index (χ0) is 18.9. The molecule has 0 atom stereocenters. The van der Waals surface area contributed by atoms with E-state index in [9.17, 15) is 0 Å². The molecule has 5 aromatic carbocycles. The van der Waals surface area contributed by atoms with Crippen LogP contribution in [-0.4, -0.2) is 4.40 Å². The van der Waals surface area contributed by atoms with E-state index in [2.05, 4.69) is 108 Å². The first kappa shape index (κ1) is 15.1. The molecule has 0 unspecified atom stereocenters. The number of aromatic nitrogens is 1. The van der Waals surface area contributed by atoms with Crippen LogP contribution in [0.4, 0.5) is 0 Å². The van der Waals surface area contributed by atoms with Gasteiger partial charge in [0.15, 0.2) is 0 Å². The van der Waals surface area contributed by atoms with Crippen molar-refractivity contribution in [3.05, 3.63) is 103 Å². The van der Waals surface area contributed by atoms with Crippen LogP contribution in [0.2, 0.25) is 0 Å². The van der Waals surface area contributed by atoms with Gasteiger partial charge in [0.25, 0.3) is 0 Å². The van der Waals surface area contributed by atoms with Gasteiger partial charge >= 0.3 is 0 Å². The maximum atomic E-state index is 2.44. The highest BCUT2D eigenvalue weighted by molar-refractivity contribution is 6.26. The number of hydrogen-bond acceptors (Lipinski definition) is 0. The van der Waals surface area contributed by atoms with Crippen LogP contribution in [-0.2, 0) is 0 Å². The molecule has 0 aliphatic rings. The van der Waals surface area contributed by atoms with E-state index in [4.69, 9.17) is 0 Å². The highest BCUT2D eigenvalue weighted by Crippen LogP contribution is 2.39. The van der Waals surface area contributed by atoms with Gasteiger partial charge in [-0.05, 0) is 45.8 Å². The normalized spacial score (nSPS) is 12.1. The average Bonchev–Trinajstić information content (AvgIpc) is 3.17. The fraction of sp³-hybridized carbons (Fsp3) is 0. The van der Waals surface area contributed by atoms with Crippen LogP contribution in [0.15, 0.2) is 103 Å². The van der Waals surface area contributed by atoms with Gasteiger partial charge in [0.2, 0.25) is 0 Å². The lowest BCUT2D eigenvalue weighted by Crippen LogP contribution is -1.92. The molecule has 134 valence electrons. The zero-order valence-corrected chi connectivity index (χ0v) is 15.8. The predicted molar refractivity (Wildman–Crippen MR) is 125 cm³/mol. The summed E-state index contributed by atoms with van der Waals surface area (Å²) in [4.78, 5) is 0.